The number of aromatic amines is 1. The molecule has 0 radical (unpaired) electrons. The minimum Gasteiger partial charge on any atom is -0.461 e. The number of para-hydroxylation sites is 1. The van der Waals surface area contributed by atoms with E-state index in [-0.39, 0.29) is 34.8 Å². The highest BCUT2D eigenvalue weighted by atomic mass is 35.5. The first kappa shape index (κ1) is 31.9. The normalized spacial score (nSPS) is 18.6. The lowest BCUT2D eigenvalue weighted by molar-refractivity contribution is -0.152. The van der Waals surface area contributed by atoms with Gasteiger partial charge in [0.15, 0.2) is 17.4 Å². The molecule has 0 spiro atoms. The predicted octanol–water partition coefficient (Wildman–Crippen LogP) is 3.26. The number of ether oxygens (including phenoxy) is 2. The van der Waals surface area contributed by atoms with Gasteiger partial charge in [0.2, 0.25) is 5.95 Å². The summed E-state index contributed by atoms with van der Waals surface area (Å²) < 4.78 is 38.4. The number of hydrogen-bond acceptors (Lipinski definition) is 11. The molecule has 1 aliphatic rings. The standard InChI is InChI=1S/C26H36ClN6O8P/c1-16(25(36)39-18-9-5-3-6-10-18)32-42(37,41-19-11-7-4-8-12-19)38-14-20(17(2)34)40-21(13-27)33-15-29-22-23(33)30-26(28)31-24(22)35/h4,7-8,11-12,15-18,20-21,34H,3,5-6,9-10,13-14H2,1-2H3,(H,32,37)(H3,28,30,31,35)/t16?,17-,20?,21?,42?/m0/s1. The molecule has 0 bridgehead atoms. The van der Waals surface area contributed by atoms with Crippen molar-refractivity contribution in [3.8, 4) is 5.75 Å². The molecular formula is C26H36ClN6O8P. The first-order valence-corrected chi connectivity index (χ1v) is 15.8. The molecule has 0 aliphatic heterocycles. The van der Waals surface area contributed by atoms with Crippen molar-refractivity contribution in [2.24, 2.45) is 0 Å². The zero-order valence-electron chi connectivity index (χ0n) is 23.3. The largest absolute Gasteiger partial charge is 0.461 e. The quantitative estimate of drug-likeness (QED) is 0.116. The fourth-order valence-electron chi connectivity index (χ4n) is 4.44. The van der Waals surface area contributed by atoms with Gasteiger partial charge in [-0.15, -0.1) is 11.6 Å². The van der Waals surface area contributed by atoms with Gasteiger partial charge >= 0.3 is 13.7 Å². The third-order valence-corrected chi connectivity index (χ3v) is 8.59. The highest BCUT2D eigenvalue weighted by Crippen LogP contribution is 2.45. The highest BCUT2D eigenvalue weighted by molar-refractivity contribution is 7.52. The number of carbonyl (C=O) groups excluding carboxylic acids is 1. The van der Waals surface area contributed by atoms with Crippen LogP contribution < -0.4 is 20.9 Å². The van der Waals surface area contributed by atoms with Crippen molar-refractivity contribution in [3.63, 3.8) is 0 Å². The number of H-pyrrole nitrogens is 1. The maximum absolute atomic E-state index is 13.9. The molecule has 1 aliphatic carbocycles. The monoisotopic (exact) mass is 626 g/mol. The molecule has 1 saturated carbocycles. The van der Waals surface area contributed by atoms with Gasteiger partial charge in [-0.2, -0.15) is 10.1 Å². The van der Waals surface area contributed by atoms with Crippen LogP contribution in [0.3, 0.4) is 0 Å². The number of hydrogen-bond donors (Lipinski definition) is 4. The molecule has 0 amide bonds. The lowest BCUT2D eigenvalue weighted by Gasteiger charge is -2.29. The second-order valence-electron chi connectivity index (χ2n) is 10.0. The van der Waals surface area contributed by atoms with E-state index in [2.05, 4.69) is 20.0 Å². The third-order valence-electron chi connectivity index (χ3n) is 6.68. The first-order valence-electron chi connectivity index (χ1n) is 13.7. The van der Waals surface area contributed by atoms with Gasteiger partial charge in [0.1, 0.15) is 24.0 Å². The number of aromatic nitrogens is 4. The summed E-state index contributed by atoms with van der Waals surface area (Å²) in [4.78, 5) is 35.5. The van der Waals surface area contributed by atoms with Crippen LogP contribution in [-0.2, 0) is 23.4 Å². The number of imidazole rings is 1. The zero-order chi connectivity index (χ0) is 30.3. The molecule has 14 nitrogen and oxygen atoms in total. The maximum atomic E-state index is 13.9. The summed E-state index contributed by atoms with van der Waals surface area (Å²) in [6, 6.07) is 7.27. The van der Waals surface area contributed by atoms with Crippen LogP contribution >= 0.6 is 19.3 Å². The number of fused-ring (bicyclic) bond motifs is 1. The van der Waals surface area contributed by atoms with E-state index in [1.165, 1.54) is 24.7 Å². The second-order valence-corrected chi connectivity index (χ2v) is 12.0. The summed E-state index contributed by atoms with van der Waals surface area (Å²) in [5.41, 5.74) is 5.29. The van der Waals surface area contributed by atoms with Crippen LogP contribution in [0.15, 0.2) is 41.5 Å². The number of nitrogens with one attached hydrogen (secondary N) is 2. The number of alkyl halides is 1. The van der Waals surface area contributed by atoms with Crippen molar-refractivity contribution in [3.05, 3.63) is 47.0 Å². The predicted molar refractivity (Wildman–Crippen MR) is 155 cm³/mol. The van der Waals surface area contributed by atoms with Crippen molar-refractivity contribution in [2.45, 2.75) is 76.5 Å². The van der Waals surface area contributed by atoms with Gasteiger partial charge in [0.25, 0.3) is 5.56 Å². The SMILES string of the molecule is CC(NP(=O)(OCC(OC(CCl)n1cnc2c(=O)[nH]c(N)nc21)[C@H](C)O)Oc1ccccc1)C(=O)OC1CCCCC1. The Morgan fingerprint density at radius 1 is 1.26 bits per heavy atom. The smallest absolute Gasteiger partial charge is 0.459 e. The summed E-state index contributed by atoms with van der Waals surface area (Å²) in [5, 5.41) is 13.2. The van der Waals surface area contributed by atoms with E-state index < -0.39 is 50.4 Å². The number of nitrogens with two attached hydrogens (primary N) is 1. The molecule has 5 atom stereocenters. The Kier molecular flexibility index (Phi) is 11.0. The summed E-state index contributed by atoms with van der Waals surface area (Å²) in [6.45, 7) is 2.52. The fraction of sp³-hybridized carbons (Fsp3) is 0.538. The van der Waals surface area contributed by atoms with E-state index in [0.717, 1.165) is 32.1 Å². The molecule has 1 fully saturated rings. The summed E-state index contributed by atoms with van der Waals surface area (Å²) >= 11 is 6.18. The van der Waals surface area contributed by atoms with Crippen LogP contribution in [0, 0.1) is 0 Å². The molecule has 4 unspecified atom stereocenters. The molecule has 2 heterocycles. The number of benzene rings is 1. The minimum absolute atomic E-state index is 0.0202. The molecule has 42 heavy (non-hydrogen) atoms. The van der Waals surface area contributed by atoms with Crippen molar-refractivity contribution in [1.82, 2.24) is 24.6 Å². The van der Waals surface area contributed by atoms with Crippen LogP contribution in [0.1, 0.15) is 52.2 Å². The molecule has 1 aromatic carbocycles. The number of aliphatic hydroxyl groups is 1. The van der Waals surface area contributed by atoms with E-state index in [0.29, 0.717) is 0 Å². The molecule has 16 heteroatoms. The van der Waals surface area contributed by atoms with Gasteiger partial charge in [-0.05, 0) is 51.7 Å². The molecule has 3 aromatic rings. The Hall–Kier alpha value is -3.00. The van der Waals surface area contributed by atoms with Gasteiger partial charge in [0, 0.05) is 0 Å². The van der Waals surface area contributed by atoms with Crippen molar-refractivity contribution >= 4 is 42.4 Å². The van der Waals surface area contributed by atoms with Crippen LogP contribution in [0.4, 0.5) is 5.95 Å². The van der Waals surface area contributed by atoms with E-state index in [9.17, 15) is 19.3 Å². The average molecular weight is 627 g/mol. The minimum atomic E-state index is -4.23. The molecule has 5 N–H and O–H groups in total. The summed E-state index contributed by atoms with van der Waals surface area (Å²) in [7, 11) is -4.23. The van der Waals surface area contributed by atoms with Gasteiger partial charge in [-0.25, -0.2) is 9.55 Å². The zero-order valence-corrected chi connectivity index (χ0v) is 25.0. The highest BCUT2D eigenvalue weighted by Gasteiger charge is 2.35. The van der Waals surface area contributed by atoms with E-state index in [1.54, 1.807) is 30.3 Å². The van der Waals surface area contributed by atoms with Crippen molar-refractivity contribution in [2.75, 3.05) is 18.2 Å². The van der Waals surface area contributed by atoms with E-state index in [4.69, 9.17) is 35.9 Å². The Labute approximate surface area is 247 Å². The Bertz CT molecular complexity index is 1430. The number of halogens is 1. The number of nitrogen functional groups attached to an aromatic ring is 1. The lowest BCUT2D eigenvalue weighted by atomic mass is 9.98. The van der Waals surface area contributed by atoms with Gasteiger partial charge in [-0.3, -0.25) is 23.7 Å². The second kappa shape index (κ2) is 14.5. The third kappa shape index (κ3) is 8.30. The fourth-order valence-corrected chi connectivity index (χ4v) is 6.17. The average Bonchev–Trinajstić information content (AvgIpc) is 3.38. The maximum Gasteiger partial charge on any atom is 0.459 e. The number of carbonyl (C=O) groups is 1. The molecule has 4 rings (SSSR count). The Balaban J connectivity index is 1.49. The molecular weight excluding hydrogens is 591 g/mol. The van der Waals surface area contributed by atoms with Crippen molar-refractivity contribution in [1.29, 1.82) is 0 Å². The van der Waals surface area contributed by atoms with Crippen LogP contribution in [-0.4, -0.2) is 67.4 Å². The van der Waals surface area contributed by atoms with Crippen LogP contribution in [0.25, 0.3) is 11.2 Å². The number of anilines is 1. The topological polar surface area (TPSA) is 193 Å². The van der Waals surface area contributed by atoms with Crippen molar-refractivity contribution < 1.29 is 33.0 Å². The van der Waals surface area contributed by atoms with Gasteiger partial charge in [0.05, 0.1) is 24.9 Å². The number of aliphatic hydroxyl groups excluding tert-OH is 1. The number of esters is 1. The number of rotatable bonds is 14. The van der Waals surface area contributed by atoms with Crippen LogP contribution in [0.2, 0.25) is 0 Å². The molecule has 2 aromatic heterocycles. The lowest BCUT2D eigenvalue weighted by Crippen LogP contribution is -2.39. The summed E-state index contributed by atoms with van der Waals surface area (Å²) in [6.07, 6.45) is 2.56. The summed E-state index contributed by atoms with van der Waals surface area (Å²) in [5.74, 6) is -0.613. The Morgan fingerprint density at radius 3 is 2.64 bits per heavy atom. The van der Waals surface area contributed by atoms with Gasteiger partial charge in [-0.1, -0.05) is 24.6 Å². The van der Waals surface area contributed by atoms with Crippen LogP contribution in [0.5, 0.6) is 5.75 Å². The molecule has 230 valence electrons. The Morgan fingerprint density at radius 2 is 1.98 bits per heavy atom. The van der Waals surface area contributed by atoms with E-state index >= 15 is 0 Å². The number of nitrogens with zero attached hydrogens (tertiary/aromatic N) is 3. The first-order chi connectivity index (χ1) is 20.1. The van der Waals surface area contributed by atoms with Gasteiger partial charge < -0.3 is 24.8 Å². The molecule has 0 saturated heterocycles. The van der Waals surface area contributed by atoms with E-state index in [1.807, 2.05) is 0 Å².